The number of carbonyl (C=O) groups is 1. The Morgan fingerprint density at radius 1 is 1.19 bits per heavy atom. The zero-order chi connectivity index (χ0) is 22.2. The molecule has 2 aromatic rings. The lowest BCUT2D eigenvalue weighted by Gasteiger charge is -2.31. The molecule has 0 radical (unpaired) electrons. The van der Waals surface area contributed by atoms with E-state index in [9.17, 15) is 4.79 Å². The van der Waals surface area contributed by atoms with E-state index in [0.717, 1.165) is 51.7 Å². The van der Waals surface area contributed by atoms with E-state index in [-0.39, 0.29) is 23.7 Å². The van der Waals surface area contributed by atoms with Crippen LogP contribution >= 0.6 is 0 Å². The van der Waals surface area contributed by atoms with E-state index in [0.29, 0.717) is 36.9 Å². The number of nitrogen functional groups attached to an aromatic ring is 1. The van der Waals surface area contributed by atoms with Crippen molar-refractivity contribution >= 4 is 23.0 Å². The molecule has 1 unspecified atom stereocenters. The minimum Gasteiger partial charge on any atom is -0.468 e. The van der Waals surface area contributed by atoms with Gasteiger partial charge in [0.2, 0.25) is 0 Å². The van der Waals surface area contributed by atoms with Gasteiger partial charge in [-0.25, -0.2) is 0 Å². The number of ether oxygens (including phenoxy) is 3. The van der Waals surface area contributed by atoms with E-state index in [1.54, 1.807) is 7.11 Å². The third-order valence-electron chi connectivity index (χ3n) is 5.46. The maximum Gasteiger partial charge on any atom is 0.320 e. The van der Waals surface area contributed by atoms with Crippen molar-refractivity contribution in [1.82, 2.24) is 24.4 Å². The number of anilines is 1. The molecule has 10 heteroatoms. The summed E-state index contributed by atoms with van der Waals surface area (Å²) in [6.07, 6.45) is 4.70. The predicted molar refractivity (Wildman–Crippen MR) is 117 cm³/mol. The van der Waals surface area contributed by atoms with E-state index < -0.39 is 0 Å². The number of fused-ring (bicyclic) bond motifs is 1. The molecule has 172 valence electrons. The van der Waals surface area contributed by atoms with Crippen molar-refractivity contribution in [2.24, 2.45) is 5.92 Å². The highest BCUT2D eigenvalue weighted by Crippen LogP contribution is 2.26. The standard InChI is InChI=1S/C21H34N6O4/c1-4-6-13-31-20-24-17(22)16-18(25-20)27(21(23-16)29-3)12-8-11-26-10-7-9-15(14-26)19(28)30-5-2/h15H,4-14H2,1-3H3,(H2,22,24,25). The van der Waals surface area contributed by atoms with Gasteiger partial charge < -0.3 is 24.8 Å². The van der Waals surface area contributed by atoms with Crippen LogP contribution in [0.25, 0.3) is 11.2 Å². The smallest absolute Gasteiger partial charge is 0.320 e. The van der Waals surface area contributed by atoms with Crippen molar-refractivity contribution in [2.75, 3.05) is 45.7 Å². The Hall–Kier alpha value is -2.62. The molecule has 0 saturated carbocycles. The number of hydrogen-bond acceptors (Lipinski definition) is 9. The van der Waals surface area contributed by atoms with E-state index in [4.69, 9.17) is 19.9 Å². The van der Waals surface area contributed by atoms with Crippen molar-refractivity contribution in [3.05, 3.63) is 0 Å². The largest absolute Gasteiger partial charge is 0.468 e. The average molecular weight is 435 g/mol. The molecule has 1 aliphatic heterocycles. The molecular formula is C21H34N6O4. The monoisotopic (exact) mass is 434 g/mol. The fourth-order valence-corrected chi connectivity index (χ4v) is 3.87. The van der Waals surface area contributed by atoms with Gasteiger partial charge in [-0.05, 0) is 45.7 Å². The Balaban J connectivity index is 1.66. The first-order chi connectivity index (χ1) is 15.1. The van der Waals surface area contributed by atoms with E-state index >= 15 is 0 Å². The highest BCUT2D eigenvalue weighted by Gasteiger charge is 2.26. The van der Waals surface area contributed by atoms with Crippen LogP contribution in [0.3, 0.4) is 0 Å². The number of carbonyl (C=O) groups excluding carboxylic acids is 1. The summed E-state index contributed by atoms with van der Waals surface area (Å²) in [6.45, 7) is 8.16. The molecule has 3 rings (SSSR count). The van der Waals surface area contributed by atoms with E-state index in [1.165, 1.54) is 0 Å². The molecule has 0 spiro atoms. The minimum absolute atomic E-state index is 0.0346. The van der Waals surface area contributed by atoms with Crippen molar-refractivity contribution in [2.45, 2.75) is 52.5 Å². The molecule has 10 nitrogen and oxygen atoms in total. The number of likely N-dealkylation sites (tertiary alicyclic amines) is 1. The molecule has 1 saturated heterocycles. The van der Waals surface area contributed by atoms with Crippen LogP contribution in [0.4, 0.5) is 5.82 Å². The van der Waals surface area contributed by atoms with Gasteiger partial charge in [-0.2, -0.15) is 15.0 Å². The zero-order valence-electron chi connectivity index (χ0n) is 18.8. The van der Waals surface area contributed by atoms with Gasteiger partial charge in [-0.3, -0.25) is 9.36 Å². The molecular weight excluding hydrogens is 400 g/mol. The number of aryl methyl sites for hydroxylation is 1. The van der Waals surface area contributed by atoms with Gasteiger partial charge in [0.05, 0.1) is 26.2 Å². The molecule has 1 atom stereocenters. The summed E-state index contributed by atoms with van der Waals surface area (Å²) in [7, 11) is 1.58. The van der Waals surface area contributed by atoms with Crippen LogP contribution in [0.5, 0.6) is 12.0 Å². The molecule has 2 aromatic heterocycles. The van der Waals surface area contributed by atoms with Crippen molar-refractivity contribution in [3.63, 3.8) is 0 Å². The quantitative estimate of drug-likeness (QED) is 0.420. The lowest BCUT2D eigenvalue weighted by molar-refractivity contribution is -0.149. The number of hydrogen-bond donors (Lipinski definition) is 1. The molecule has 0 aromatic carbocycles. The number of nitrogens with zero attached hydrogens (tertiary/aromatic N) is 5. The summed E-state index contributed by atoms with van der Waals surface area (Å²) in [5, 5.41) is 0. The summed E-state index contributed by atoms with van der Waals surface area (Å²) < 4.78 is 18.2. The van der Waals surface area contributed by atoms with Crippen LogP contribution in [0.1, 0.15) is 46.0 Å². The van der Waals surface area contributed by atoms with Crippen LogP contribution in [0.15, 0.2) is 0 Å². The fourth-order valence-electron chi connectivity index (χ4n) is 3.87. The summed E-state index contributed by atoms with van der Waals surface area (Å²) in [6, 6.07) is 0.709. The summed E-state index contributed by atoms with van der Waals surface area (Å²) in [5.74, 6) is 0.159. The molecule has 1 fully saturated rings. The first-order valence-electron chi connectivity index (χ1n) is 11.2. The molecule has 0 amide bonds. The highest BCUT2D eigenvalue weighted by atomic mass is 16.5. The molecule has 1 aliphatic rings. The van der Waals surface area contributed by atoms with Gasteiger partial charge in [-0.1, -0.05) is 13.3 Å². The fraction of sp³-hybridized carbons (Fsp3) is 0.714. The Bertz CT molecular complexity index is 871. The number of methoxy groups -OCH3 is 1. The summed E-state index contributed by atoms with van der Waals surface area (Å²) >= 11 is 0. The van der Waals surface area contributed by atoms with Gasteiger partial charge in [0, 0.05) is 13.1 Å². The van der Waals surface area contributed by atoms with Crippen LogP contribution in [-0.2, 0) is 16.1 Å². The third-order valence-corrected chi connectivity index (χ3v) is 5.46. The normalized spacial score (nSPS) is 17.1. The Morgan fingerprint density at radius 2 is 2.03 bits per heavy atom. The lowest BCUT2D eigenvalue weighted by Crippen LogP contribution is -2.40. The SMILES string of the molecule is CCCCOc1nc(N)c2nc(OC)n(CCCN3CCCC(C(=O)OCC)C3)c2n1. The number of rotatable bonds is 11. The highest BCUT2D eigenvalue weighted by molar-refractivity contribution is 5.83. The van der Waals surface area contributed by atoms with E-state index in [2.05, 4.69) is 26.8 Å². The predicted octanol–water partition coefficient (Wildman–Crippen LogP) is 2.26. The van der Waals surface area contributed by atoms with Crippen LogP contribution < -0.4 is 15.2 Å². The maximum absolute atomic E-state index is 12.1. The van der Waals surface area contributed by atoms with Gasteiger partial charge in [0.15, 0.2) is 17.0 Å². The Labute approximate surface area is 183 Å². The number of aromatic nitrogens is 4. The molecule has 0 bridgehead atoms. The average Bonchev–Trinajstić information content (AvgIpc) is 3.13. The second-order valence-corrected chi connectivity index (χ2v) is 7.76. The third kappa shape index (κ3) is 5.75. The first kappa shape index (κ1) is 23.1. The number of piperidine rings is 1. The second kappa shape index (κ2) is 11.1. The zero-order valence-corrected chi connectivity index (χ0v) is 18.8. The number of esters is 1. The van der Waals surface area contributed by atoms with Gasteiger partial charge >= 0.3 is 12.0 Å². The van der Waals surface area contributed by atoms with Crippen LogP contribution in [-0.4, -0.2) is 70.3 Å². The molecule has 2 N–H and O–H groups in total. The topological polar surface area (TPSA) is 118 Å². The second-order valence-electron chi connectivity index (χ2n) is 7.76. The van der Waals surface area contributed by atoms with E-state index in [1.807, 2.05) is 11.5 Å². The van der Waals surface area contributed by atoms with Crippen LogP contribution in [0, 0.1) is 5.92 Å². The minimum atomic E-state index is -0.0859. The number of unbranched alkanes of at least 4 members (excludes halogenated alkanes) is 1. The number of imidazole rings is 1. The summed E-state index contributed by atoms with van der Waals surface area (Å²) in [5.41, 5.74) is 7.22. The number of nitrogens with two attached hydrogens (primary N) is 1. The van der Waals surface area contributed by atoms with Crippen LogP contribution in [0.2, 0.25) is 0 Å². The van der Waals surface area contributed by atoms with Crippen molar-refractivity contribution in [1.29, 1.82) is 0 Å². The van der Waals surface area contributed by atoms with Crippen molar-refractivity contribution in [3.8, 4) is 12.0 Å². The molecule has 0 aliphatic carbocycles. The lowest BCUT2D eigenvalue weighted by atomic mass is 9.98. The van der Waals surface area contributed by atoms with Gasteiger partial charge in [0.25, 0.3) is 6.01 Å². The Kier molecular flexibility index (Phi) is 8.27. The Morgan fingerprint density at radius 3 is 2.77 bits per heavy atom. The van der Waals surface area contributed by atoms with Gasteiger partial charge in [-0.15, -0.1) is 0 Å². The first-order valence-corrected chi connectivity index (χ1v) is 11.2. The molecule has 3 heterocycles. The van der Waals surface area contributed by atoms with Gasteiger partial charge in [0.1, 0.15) is 0 Å². The maximum atomic E-state index is 12.1. The summed E-state index contributed by atoms with van der Waals surface area (Å²) in [4.78, 5) is 27.6. The van der Waals surface area contributed by atoms with Crippen molar-refractivity contribution < 1.29 is 19.0 Å². The molecule has 31 heavy (non-hydrogen) atoms.